The minimum atomic E-state index is -7.95. The van der Waals surface area contributed by atoms with Crippen molar-refractivity contribution in [1.82, 2.24) is 5.32 Å². The Morgan fingerprint density at radius 3 is 1.42 bits per heavy atom. The molecule has 0 radical (unpaired) electrons. The first-order valence-electron chi connectivity index (χ1n) is 5.77. The van der Waals surface area contributed by atoms with Crippen LogP contribution < -0.4 is 5.32 Å². The number of nitrogens with one attached hydrogen (secondary N) is 1. The Balaban J connectivity index is 6.08. The van der Waals surface area contributed by atoms with Gasteiger partial charge < -0.3 is 5.32 Å². The van der Waals surface area contributed by atoms with Crippen LogP contribution >= 0.6 is 0 Å². The molecule has 0 aromatic carbocycles. The van der Waals surface area contributed by atoms with E-state index >= 15 is 0 Å². The molecular weight excluding hydrogens is 409 g/mol. The lowest BCUT2D eigenvalue weighted by molar-refractivity contribution is -0.436. The molecule has 0 saturated heterocycles. The van der Waals surface area contributed by atoms with Gasteiger partial charge in [0.2, 0.25) is 5.91 Å². The number of carbonyl (C=O) groups excluding carboxylic acids is 1. The normalized spacial score (nSPS) is 15.3. The fraction of sp³-hybridized carbons (Fsp3) is 0.545. The molecule has 152 valence electrons. The van der Waals surface area contributed by atoms with Crippen LogP contribution in [0.5, 0.6) is 0 Å². The molecule has 0 heterocycles. The molecule has 0 spiro atoms. The van der Waals surface area contributed by atoms with Crippen molar-refractivity contribution in [1.29, 1.82) is 0 Å². The standard InChI is InChI=1S/C11H6F13NO/c1-2-5(26)25-4-3-6(12,13)7(14,15)8(16,17)9(18,19)10(20,21)11(22,23)24/h2-4H,1H2,(H,25,26)/b4-3+. The second-order valence-corrected chi connectivity index (χ2v) is 4.46. The third-order valence-electron chi connectivity index (χ3n) is 2.66. The maximum absolute atomic E-state index is 13.1. The monoisotopic (exact) mass is 415 g/mol. The van der Waals surface area contributed by atoms with E-state index in [1.54, 1.807) is 0 Å². The summed E-state index contributed by atoms with van der Waals surface area (Å²) in [5.41, 5.74) is 0. The molecular formula is C11H6F13NO. The summed E-state index contributed by atoms with van der Waals surface area (Å²) in [4.78, 5) is 10.5. The quantitative estimate of drug-likeness (QED) is 0.480. The number of hydrogen-bond donors (Lipinski definition) is 1. The molecule has 0 unspecified atom stereocenters. The van der Waals surface area contributed by atoms with Crippen LogP contribution in [0.4, 0.5) is 57.1 Å². The molecule has 0 aromatic heterocycles. The van der Waals surface area contributed by atoms with E-state index in [0.29, 0.717) is 6.08 Å². The summed E-state index contributed by atoms with van der Waals surface area (Å²) in [6.07, 6.45) is -8.84. The van der Waals surface area contributed by atoms with Crippen molar-refractivity contribution in [2.75, 3.05) is 0 Å². The average Bonchev–Trinajstić information content (AvgIpc) is 2.44. The van der Waals surface area contributed by atoms with Gasteiger partial charge in [-0.2, -0.15) is 57.1 Å². The fourth-order valence-corrected chi connectivity index (χ4v) is 1.17. The first kappa shape index (κ1) is 24.0. The number of hydrogen-bond acceptors (Lipinski definition) is 1. The second-order valence-electron chi connectivity index (χ2n) is 4.46. The Morgan fingerprint density at radius 2 is 1.08 bits per heavy atom. The van der Waals surface area contributed by atoms with Crippen LogP contribution in [0.2, 0.25) is 0 Å². The van der Waals surface area contributed by atoms with Gasteiger partial charge in [0.25, 0.3) is 0 Å². The lowest BCUT2D eigenvalue weighted by Crippen LogP contribution is -2.69. The van der Waals surface area contributed by atoms with E-state index < -0.39 is 54.0 Å². The van der Waals surface area contributed by atoms with Crippen LogP contribution in [0.15, 0.2) is 24.9 Å². The van der Waals surface area contributed by atoms with Gasteiger partial charge in [-0.3, -0.25) is 4.79 Å². The molecule has 1 amide bonds. The summed E-state index contributed by atoms with van der Waals surface area (Å²) in [7, 11) is 0. The van der Waals surface area contributed by atoms with Gasteiger partial charge in [0, 0.05) is 12.3 Å². The van der Waals surface area contributed by atoms with Crippen molar-refractivity contribution >= 4 is 5.91 Å². The summed E-state index contributed by atoms with van der Waals surface area (Å²) in [6, 6.07) is 0. The first-order valence-corrected chi connectivity index (χ1v) is 5.77. The van der Waals surface area contributed by atoms with Gasteiger partial charge in [0.1, 0.15) is 0 Å². The van der Waals surface area contributed by atoms with Crippen molar-refractivity contribution in [3.8, 4) is 0 Å². The minimum Gasteiger partial charge on any atom is -0.329 e. The summed E-state index contributed by atoms with van der Waals surface area (Å²) in [6.45, 7) is 2.76. The highest BCUT2D eigenvalue weighted by atomic mass is 19.4. The van der Waals surface area contributed by atoms with Crippen LogP contribution in [0.1, 0.15) is 0 Å². The van der Waals surface area contributed by atoms with E-state index in [2.05, 4.69) is 6.58 Å². The van der Waals surface area contributed by atoms with Gasteiger partial charge in [-0.05, 0) is 6.08 Å². The number of carbonyl (C=O) groups is 1. The highest BCUT2D eigenvalue weighted by Gasteiger charge is 2.90. The van der Waals surface area contributed by atoms with E-state index in [1.807, 2.05) is 0 Å². The highest BCUT2D eigenvalue weighted by Crippen LogP contribution is 2.60. The molecule has 26 heavy (non-hydrogen) atoms. The second kappa shape index (κ2) is 6.64. The van der Waals surface area contributed by atoms with Gasteiger partial charge in [-0.25, -0.2) is 0 Å². The van der Waals surface area contributed by atoms with Gasteiger partial charge in [-0.1, -0.05) is 6.58 Å². The highest BCUT2D eigenvalue weighted by molar-refractivity contribution is 5.87. The Hall–Kier alpha value is -1.96. The van der Waals surface area contributed by atoms with Crippen molar-refractivity contribution in [2.45, 2.75) is 35.8 Å². The first-order chi connectivity index (χ1) is 11.2. The van der Waals surface area contributed by atoms with E-state index in [1.165, 1.54) is 5.32 Å². The van der Waals surface area contributed by atoms with Gasteiger partial charge in [0.05, 0.1) is 0 Å². The molecule has 15 heteroatoms. The summed E-state index contributed by atoms with van der Waals surface area (Å²) in [5, 5.41) is 1.19. The van der Waals surface area contributed by atoms with Crippen molar-refractivity contribution in [2.24, 2.45) is 0 Å². The predicted molar refractivity (Wildman–Crippen MR) is 58.3 cm³/mol. The number of halogens is 13. The van der Waals surface area contributed by atoms with Crippen molar-refractivity contribution in [3.63, 3.8) is 0 Å². The third kappa shape index (κ3) is 3.60. The predicted octanol–water partition coefficient (Wildman–Crippen LogP) is 4.54. The largest absolute Gasteiger partial charge is 0.460 e. The van der Waals surface area contributed by atoms with Crippen LogP contribution in [0.25, 0.3) is 0 Å². The molecule has 0 fully saturated rings. The van der Waals surface area contributed by atoms with E-state index in [4.69, 9.17) is 0 Å². The Morgan fingerprint density at radius 1 is 0.692 bits per heavy atom. The van der Waals surface area contributed by atoms with E-state index in [9.17, 15) is 61.9 Å². The maximum Gasteiger partial charge on any atom is 0.460 e. The van der Waals surface area contributed by atoms with Crippen LogP contribution in [-0.4, -0.2) is 41.7 Å². The van der Waals surface area contributed by atoms with Gasteiger partial charge in [0.15, 0.2) is 0 Å². The third-order valence-corrected chi connectivity index (χ3v) is 2.66. The molecule has 0 aliphatic rings. The van der Waals surface area contributed by atoms with Gasteiger partial charge >= 0.3 is 35.8 Å². The lowest BCUT2D eigenvalue weighted by atomic mass is 9.94. The number of allylic oxidation sites excluding steroid dienone is 1. The van der Waals surface area contributed by atoms with Crippen molar-refractivity contribution in [3.05, 3.63) is 24.9 Å². The number of amides is 1. The molecule has 0 aliphatic heterocycles. The summed E-state index contributed by atoms with van der Waals surface area (Å²) in [5.74, 6) is -38.8. The van der Waals surface area contributed by atoms with E-state index in [0.717, 1.165) is 0 Å². The summed E-state index contributed by atoms with van der Waals surface area (Å²) >= 11 is 0. The number of alkyl halides is 13. The lowest BCUT2D eigenvalue weighted by Gasteiger charge is -2.39. The Kier molecular flexibility index (Phi) is 6.14. The minimum absolute atomic E-state index is 0.368. The summed E-state index contributed by atoms with van der Waals surface area (Å²) < 4.78 is 165. The average molecular weight is 415 g/mol. The molecule has 1 N–H and O–H groups in total. The smallest absolute Gasteiger partial charge is 0.329 e. The zero-order valence-corrected chi connectivity index (χ0v) is 11.8. The van der Waals surface area contributed by atoms with Crippen LogP contribution in [-0.2, 0) is 4.79 Å². The fourth-order valence-electron chi connectivity index (χ4n) is 1.17. The zero-order valence-electron chi connectivity index (χ0n) is 11.8. The van der Waals surface area contributed by atoms with Crippen LogP contribution in [0.3, 0.4) is 0 Å². The Bertz CT molecular complexity index is 575. The Labute approximate surface area is 135 Å². The maximum atomic E-state index is 13.1. The number of rotatable bonds is 7. The molecule has 0 rings (SSSR count). The molecule has 2 nitrogen and oxygen atoms in total. The SMILES string of the molecule is C=CC(=O)N/C=C/C(F)(F)C(F)(F)C(F)(F)C(F)(F)C(F)(F)C(F)(F)F. The zero-order chi connectivity index (χ0) is 21.4. The molecule has 0 aromatic rings. The molecule has 0 saturated carbocycles. The molecule has 0 atom stereocenters. The van der Waals surface area contributed by atoms with Crippen molar-refractivity contribution < 1.29 is 61.9 Å². The molecule has 0 aliphatic carbocycles. The van der Waals surface area contributed by atoms with E-state index in [-0.39, 0.29) is 0 Å². The topological polar surface area (TPSA) is 29.1 Å². The van der Waals surface area contributed by atoms with Gasteiger partial charge in [-0.15, -0.1) is 0 Å². The molecule has 0 bridgehead atoms. The van der Waals surface area contributed by atoms with Crippen LogP contribution in [0, 0.1) is 0 Å².